The maximum Gasteiger partial charge on any atom is 0.262 e. The van der Waals surface area contributed by atoms with Gasteiger partial charge in [0.05, 0.1) is 23.0 Å². The van der Waals surface area contributed by atoms with E-state index in [2.05, 4.69) is 15.4 Å². The number of aryl methyl sites for hydroxylation is 1. The highest BCUT2D eigenvalue weighted by Gasteiger charge is 2.36. The van der Waals surface area contributed by atoms with E-state index in [-0.39, 0.29) is 13.1 Å². The minimum atomic E-state index is -0.451. The first kappa shape index (κ1) is 17.6. The van der Waals surface area contributed by atoms with Crippen molar-refractivity contribution in [3.63, 3.8) is 0 Å². The minimum Gasteiger partial charge on any atom is -0.350 e. The number of hydrogen-bond acceptors (Lipinski definition) is 5. The molecule has 4 rings (SSSR count). The molecule has 0 bridgehead atoms. The van der Waals surface area contributed by atoms with Crippen molar-refractivity contribution in [1.29, 1.82) is 0 Å². The fourth-order valence-corrected chi connectivity index (χ4v) is 3.16. The first-order chi connectivity index (χ1) is 13.5. The lowest BCUT2D eigenvalue weighted by atomic mass is 10.1. The molecule has 3 heterocycles. The van der Waals surface area contributed by atoms with Gasteiger partial charge in [-0.05, 0) is 23.8 Å². The number of pyridine rings is 1. The number of hydrogen-bond donors (Lipinski definition) is 1. The summed E-state index contributed by atoms with van der Waals surface area (Å²) in [5, 5.41) is 6.90. The summed E-state index contributed by atoms with van der Waals surface area (Å²) in [5.74, 6) is -1.32. The van der Waals surface area contributed by atoms with E-state index >= 15 is 0 Å². The fraction of sp³-hybridized carbons (Fsp3) is 0.150. The van der Waals surface area contributed by atoms with Crippen LogP contribution in [0.25, 0.3) is 11.3 Å². The Labute approximate surface area is 160 Å². The maximum absolute atomic E-state index is 12.4. The number of fused-ring (bicyclic) bond motifs is 1. The summed E-state index contributed by atoms with van der Waals surface area (Å²) in [4.78, 5) is 42.4. The number of nitrogens with one attached hydrogen (secondary N) is 1. The van der Waals surface area contributed by atoms with Gasteiger partial charge < -0.3 is 5.32 Å². The van der Waals surface area contributed by atoms with Crippen LogP contribution in [-0.2, 0) is 18.4 Å². The molecule has 8 heteroatoms. The van der Waals surface area contributed by atoms with Gasteiger partial charge in [0.1, 0.15) is 6.54 Å². The molecule has 2 aromatic heterocycles. The van der Waals surface area contributed by atoms with Gasteiger partial charge in [-0.1, -0.05) is 18.2 Å². The van der Waals surface area contributed by atoms with Gasteiger partial charge in [0.15, 0.2) is 0 Å². The zero-order valence-corrected chi connectivity index (χ0v) is 15.1. The average molecular weight is 375 g/mol. The van der Waals surface area contributed by atoms with Crippen LogP contribution < -0.4 is 5.32 Å². The summed E-state index contributed by atoms with van der Waals surface area (Å²) in [6, 6.07) is 10.2. The first-order valence-corrected chi connectivity index (χ1v) is 8.69. The lowest BCUT2D eigenvalue weighted by molar-refractivity contribution is -0.121. The van der Waals surface area contributed by atoms with E-state index in [1.54, 1.807) is 47.4 Å². The quantitative estimate of drug-likeness (QED) is 0.680. The third kappa shape index (κ3) is 3.16. The normalized spacial score (nSPS) is 13.0. The van der Waals surface area contributed by atoms with E-state index in [4.69, 9.17) is 0 Å². The topological polar surface area (TPSA) is 97.2 Å². The smallest absolute Gasteiger partial charge is 0.262 e. The van der Waals surface area contributed by atoms with Crippen molar-refractivity contribution in [3.05, 3.63) is 71.7 Å². The average Bonchev–Trinajstić information content (AvgIpc) is 3.24. The molecule has 8 nitrogen and oxygen atoms in total. The Morgan fingerprint density at radius 1 is 1.07 bits per heavy atom. The van der Waals surface area contributed by atoms with Crippen LogP contribution in [-0.4, -0.2) is 43.9 Å². The second-order valence-corrected chi connectivity index (χ2v) is 6.43. The molecule has 28 heavy (non-hydrogen) atoms. The van der Waals surface area contributed by atoms with Gasteiger partial charge in [-0.15, -0.1) is 0 Å². The van der Waals surface area contributed by atoms with Crippen molar-refractivity contribution in [2.45, 2.75) is 6.54 Å². The standard InChI is InChI=1S/C20H17N5O3/c1-24-11-14(10-23-24)18-13(5-4-8-21-18)9-22-17(26)12-25-19(27)15-6-2-3-7-16(15)20(25)28/h2-8,10-11H,9,12H2,1H3,(H,22,26). The van der Waals surface area contributed by atoms with E-state index < -0.39 is 17.7 Å². The van der Waals surface area contributed by atoms with E-state index in [0.29, 0.717) is 11.1 Å². The molecular weight excluding hydrogens is 358 g/mol. The van der Waals surface area contributed by atoms with Crippen LogP contribution in [0, 0.1) is 0 Å². The molecule has 3 amide bonds. The number of amides is 3. The molecule has 0 aliphatic carbocycles. The van der Waals surface area contributed by atoms with Crippen LogP contribution in [0.2, 0.25) is 0 Å². The van der Waals surface area contributed by atoms with Crippen LogP contribution in [0.3, 0.4) is 0 Å². The van der Waals surface area contributed by atoms with E-state index in [9.17, 15) is 14.4 Å². The van der Waals surface area contributed by atoms with E-state index in [1.165, 1.54) is 0 Å². The highest BCUT2D eigenvalue weighted by molar-refractivity contribution is 6.22. The van der Waals surface area contributed by atoms with E-state index in [1.807, 2.05) is 19.3 Å². The van der Waals surface area contributed by atoms with Crippen LogP contribution in [0.15, 0.2) is 55.0 Å². The molecule has 140 valence electrons. The van der Waals surface area contributed by atoms with Crippen LogP contribution in [0.1, 0.15) is 26.3 Å². The van der Waals surface area contributed by atoms with Gasteiger partial charge in [0.25, 0.3) is 11.8 Å². The Morgan fingerprint density at radius 2 is 1.79 bits per heavy atom. The highest BCUT2D eigenvalue weighted by atomic mass is 16.2. The lowest BCUT2D eigenvalue weighted by Gasteiger charge is -2.14. The van der Waals surface area contributed by atoms with Crippen molar-refractivity contribution in [2.24, 2.45) is 7.05 Å². The molecular formula is C20H17N5O3. The number of carbonyl (C=O) groups is 3. The maximum atomic E-state index is 12.4. The summed E-state index contributed by atoms with van der Waals surface area (Å²) in [7, 11) is 1.82. The molecule has 0 spiro atoms. The Kier molecular flexibility index (Phi) is 4.44. The SMILES string of the molecule is Cn1cc(-c2ncccc2CNC(=O)CN2C(=O)c3ccccc3C2=O)cn1. The number of benzene rings is 1. The monoisotopic (exact) mass is 375 g/mol. The molecule has 0 atom stereocenters. The van der Waals surface area contributed by atoms with Gasteiger partial charge in [-0.3, -0.25) is 28.9 Å². The van der Waals surface area contributed by atoms with Crippen molar-refractivity contribution in [2.75, 3.05) is 6.54 Å². The predicted octanol–water partition coefficient (Wildman–Crippen LogP) is 1.39. The van der Waals surface area contributed by atoms with Crippen molar-refractivity contribution < 1.29 is 14.4 Å². The molecule has 3 aromatic rings. The summed E-state index contributed by atoms with van der Waals surface area (Å²) < 4.78 is 1.68. The van der Waals surface area contributed by atoms with Gasteiger partial charge in [-0.2, -0.15) is 5.10 Å². The van der Waals surface area contributed by atoms with Gasteiger partial charge >= 0.3 is 0 Å². The lowest BCUT2D eigenvalue weighted by Crippen LogP contribution is -2.40. The summed E-state index contributed by atoms with van der Waals surface area (Å²) in [6.45, 7) is -0.102. The third-order valence-corrected chi connectivity index (χ3v) is 4.53. The molecule has 1 aliphatic heterocycles. The Morgan fingerprint density at radius 3 is 2.43 bits per heavy atom. The summed E-state index contributed by atoms with van der Waals surface area (Å²) in [5.41, 5.74) is 3.02. The molecule has 0 fully saturated rings. The van der Waals surface area contributed by atoms with Gasteiger partial charge in [0.2, 0.25) is 5.91 Å². The predicted molar refractivity (Wildman–Crippen MR) is 100 cm³/mol. The van der Waals surface area contributed by atoms with Gasteiger partial charge in [0, 0.05) is 31.5 Å². The van der Waals surface area contributed by atoms with Crippen molar-refractivity contribution >= 4 is 17.7 Å². The largest absolute Gasteiger partial charge is 0.350 e. The van der Waals surface area contributed by atoms with Crippen LogP contribution >= 0.6 is 0 Å². The first-order valence-electron chi connectivity index (χ1n) is 8.69. The second kappa shape index (κ2) is 7.07. The number of aromatic nitrogens is 3. The zero-order valence-electron chi connectivity index (χ0n) is 15.1. The molecule has 0 saturated carbocycles. The number of nitrogens with zero attached hydrogens (tertiary/aromatic N) is 4. The number of rotatable bonds is 5. The molecule has 0 saturated heterocycles. The second-order valence-electron chi connectivity index (χ2n) is 6.43. The van der Waals surface area contributed by atoms with Crippen molar-refractivity contribution in [1.82, 2.24) is 25.0 Å². The third-order valence-electron chi connectivity index (χ3n) is 4.53. The van der Waals surface area contributed by atoms with E-state index in [0.717, 1.165) is 21.7 Å². The number of carbonyl (C=O) groups excluding carboxylic acids is 3. The highest BCUT2D eigenvalue weighted by Crippen LogP contribution is 2.22. The Hall–Kier alpha value is -3.81. The Balaban J connectivity index is 1.44. The molecule has 1 aliphatic rings. The fourth-order valence-electron chi connectivity index (χ4n) is 3.16. The molecule has 1 N–H and O–H groups in total. The molecule has 0 unspecified atom stereocenters. The zero-order chi connectivity index (χ0) is 19.7. The Bertz CT molecular complexity index is 1050. The summed E-state index contributed by atoms with van der Waals surface area (Å²) >= 11 is 0. The molecule has 1 aromatic carbocycles. The van der Waals surface area contributed by atoms with Crippen molar-refractivity contribution in [3.8, 4) is 11.3 Å². The molecule has 0 radical (unpaired) electrons. The van der Waals surface area contributed by atoms with Crippen LogP contribution in [0.5, 0.6) is 0 Å². The minimum absolute atomic E-state index is 0.222. The number of imide groups is 1. The summed E-state index contributed by atoms with van der Waals surface area (Å²) in [6.07, 6.45) is 5.21. The van der Waals surface area contributed by atoms with Crippen LogP contribution in [0.4, 0.5) is 0 Å². The van der Waals surface area contributed by atoms with Gasteiger partial charge in [-0.25, -0.2) is 0 Å².